The Bertz CT molecular complexity index is 1120. The van der Waals surface area contributed by atoms with Crippen molar-refractivity contribution in [3.63, 3.8) is 0 Å². The highest BCUT2D eigenvalue weighted by Gasteiger charge is 2.46. The van der Waals surface area contributed by atoms with Crippen molar-refractivity contribution in [1.82, 2.24) is 19.8 Å². The number of carbonyl (C=O) groups excluding carboxylic acids is 1. The maximum absolute atomic E-state index is 13.4. The first-order valence-corrected chi connectivity index (χ1v) is 12.4. The van der Waals surface area contributed by atoms with E-state index in [0.717, 1.165) is 32.0 Å². The first kappa shape index (κ1) is 20.2. The van der Waals surface area contributed by atoms with Gasteiger partial charge < -0.3 is 9.88 Å². The third-order valence-electron chi connectivity index (χ3n) is 8.22. The number of hydrogen-bond acceptors (Lipinski definition) is 4. The van der Waals surface area contributed by atoms with Gasteiger partial charge in [-0.2, -0.15) is 0 Å². The standard InChI is InChI=1S/C26H32N4O2/c31-24(11-10-23-27-21-8-2-1-7-20(21)26(32)28-23)30-13-5-6-17-14-18-15-19(25(17)30)16-29-12-4-3-9-22(18)29/h1-2,7-8,14,18-19,22,25H,3-6,9-13,15-16H2,(H,27,28,32)/t18-,19-,22+,25+/m0/s1. The van der Waals surface area contributed by atoms with Crippen LogP contribution in [0.4, 0.5) is 0 Å². The number of hydrogen-bond donors (Lipinski definition) is 1. The van der Waals surface area contributed by atoms with Crippen LogP contribution in [0.25, 0.3) is 10.9 Å². The molecule has 0 unspecified atom stereocenters. The molecule has 2 bridgehead atoms. The normalized spacial score (nSPS) is 29.9. The number of fused-ring (bicyclic) bond motifs is 7. The zero-order valence-electron chi connectivity index (χ0n) is 18.6. The molecule has 2 aromatic rings. The van der Waals surface area contributed by atoms with Crippen molar-refractivity contribution in [2.24, 2.45) is 11.8 Å². The molecule has 32 heavy (non-hydrogen) atoms. The first-order valence-electron chi connectivity index (χ1n) is 12.4. The molecular weight excluding hydrogens is 400 g/mol. The SMILES string of the molecule is O=C(CCc1nc2ccccc2c(=O)[nH]1)N1CCCC2=C[C@H]3C[C@@H](CN4CCCC[C@H]34)[C@@H]21. The van der Waals surface area contributed by atoms with Crippen LogP contribution in [0.2, 0.25) is 0 Å². The van der Waals surface area contributed by atoms with Gasteiger partial charge in [-0.3, -0.25) is 14.5 Å². The zero-order valence-corrected chi connectivity index (χ0v) is 18.6. The highest BCUT2D eigenvalue weighted by atomic mass is 16.2. The molecule has 1 N–H and O–H groups in total. The molecule has 6 rings (SSSR count). The van der Waals surface area contributed by atoms with E-state index < -0.39 is 0 Å². The van der Waals surface area contributed by atoms with Gasteiger partial charge >= 0.3 is 0 Å². The molecule has 1 aromatic carbocycles. The summed E-state index contributed by atoms with van der Waals surface area (Å²) < 4.78 is 0. The third-order valence-corrected chi connectivity index (χ3v) is 8.22. The van der Waals surface area contributed by atoms with Gasteiger partial charge in [0.25, 0.3) is 5.56 Å². The molecule has 0 radical (unpaired) electrons. The Morgan fingerprint density at radius 1 is 1.16 bits per heavy atom. The number of aryl methyl sites for hydroxylation is 1. The van der Waals surface area contributed by atoms with Crippen molar-refractivity contribution in [3.05, 3.63) is 52.1 Å². The van der Waals surface area contributed by atoms with Crippen LogP contribution in [0.5, 0.6) is 0 Å². The number of likely N-dealkylation sites (tertiary alicyclic amines) is 1. The zero-order chi connectivity index (χ0) is 21.7. The van der Waals surface area contributed by atoms with Crippen LogP contribution >= 0.6 is 0 Å². The molecule has 1 aromatic heterocycles. The van der Waals surface area contributed by atoms with E-state index in [4.69, 9.17) is 0 Å². The van der Waals surface area contributed by atoms with Crippen molar-refractivity contribution in [2.75, 3.05) is 19.6 Å². The lowest BCUT2D eigenvalue weighted by Crippen LogP contribution is -2.60. The van der Waals surface area contributed by atoms with Crippen LogP contribution < -0.4 is 5.56 Å². The number of nitrogens with one attached hydrogen (secondary N) is 1. The summed E-state index contributed by atoms with van der Waals surface area (Å²) in [4.78, 5) is 38.1. The molecule has 4 aliphatic rings. The second-order valence-corrected chi connectivity index (χ2v) is 10.1. The second kappa shape index (κ2) is 8.14. The van der Waals surface area contributed by atoms with Crippen LogP contribution in [0.1, 0.15) is 50.8 Å². The molecule has 4 atom stereocenters. The number of para-hydroxylation sites is 1. The number of rotatable bonds is 3. The Morgan fingerprint density at radius 3 is 3.00 bits per heavy atom. The Hall–Kier alpha value is -2.47. The lowest BCUT2D eigenvalue weighted by molar-refractivity contribution is -0.136. The van der Waals surface area contributed by atoms with Gasteiger partial charge in [0, 0.05) is 32.0 Å². The third kappa shape index (κ3) is 3.49. The molecule has 168 valence electrons. The molecule has 0 saturated carbocycles. The Balaban J connectivity index is 1.20. The molecule has 3 fully saturated rings. The summed E-state index contributed by atoms with van der Waals surface area (Å²) in [6.07, 6.45) is 10.9. The number of H-pyrrole nitrogens is 1. The lowest BCUT2D eigenvalue weighted by atomic mass is 9.68. The number of carbonyl (C=O) groups is 1. The topological polar surface area (TPSA) is 69.3 Å². The van der Waals surface area contributed by atoms with Crippen molar-refractivity contribution >= 4 is 16.8 Å². The lowest BCUT2D eigenvalue weighted by Gasteiger charge is -2.54. The number of aromatic nitrogens is 2. The number of piperidine rings is 3. The monoisotopic (exact) mass is 432 g/mol. The predicted octanol–water partition coefficient (Wildman–Crippen LogP) is 3.28. The summed E-state index contributed by atoms with van der Waals surface area (Å²) in [7, 11) is 0. The molecule has 6 nitrogen and oxygen atoms in total. The van der Waals surface area contributed by atoms with Crippen LogP contribution in [-0.4, -0.2) is 57.4 Å². The molecular formula is C26H32N4O2. The van der Waals surface area contributed by atoms with Gasteiger partial charge in [0.15, 0.2) is 0 Å². The Kier molecular flexibility index (Phi) is 5.13. The van der Waals surface area contributed by atoms with Gasteiger partial charge in [-0.1, -0.05) is 30.2 Å². The van der Waals surface area contributed by atoms with Crippen LogP contribution in [-0.2, 0) is 11.2 Å². The summed E-state index contributed by atoms with van der Waals surface area (Å²) in [5.74, 6) is 2.06. The average Bonchev–Trinajstić information content (AvgIpc) is 2.82. The van der Waals surface area contributed by atoms with Crippen LogP contribution in [0, 0.1) is 11.8 Å². The minimum Gasteiger partial charge on any atom is -0.336 e. The van der Waals surface area contributed by atoms with E-state index >= 15 is 0 Å². The van der Waals surface area contributed by atoms with Gasteiger partial charge in [0.2, 0.25) is 5.91 Å². The van der Waals surface area contributed by atoms with Crippen molar-refractivity contribution in [1.29, 1.82) is 0 Å². The fourth-order valence-corrected chi connectivity index (χ4v) is 6.88. The van der Waals surface area contributed by atoms with Gasteiger partial charge in [0.05, 0.1) is 16.9 Å². The highest BCUT2D eigenvalue weighted by molar-refractivity contribution is 5.78. The quantitative estimate of drug-likeness (QED) is 0.756. The summed E-state index contributed by atoms with van der Waals surface area (Å²) in [5, 5.41) is 0.596. The number of aromatic amines is 1. The van der Waals surface area contributed by atoms with Crippen LogP contribution in [0.3, 0.4) is 0 Å². The minimum absolute atomic E-state index is 0.127. The van der Waals surface area contributed by atoms with Crippen molar-refractivity contribution in [2.45, 2.75) is 63.5 Å². The van der Waals surface area contributed by atoms with E-state index in [9.17, 15) is 9.59 Å². The van der Waals surface area contributed by atoms with E-state index in [1.165, 1.54) is 37.8 Å². The van der Waals surface area contributed by atoms with E-state index in [0.29, 0.717) is 41.4 Å². The van der Waals surface area contributed by atoms with E-state index in [-0.39, 0.29) is 17.5 Å². The molecule has 1 amide bonds. The van der Waals surface area contributed by atoms with Crippen molar-refractivity contribution in [3.8, 4) is 0 Å². The molecule has 1 aliphatic carbocycles. The maximum atomic E-state index is 13.4. The average molecular weight is 433 g/mol. The summed E-state index contributed by atoms with van der Waals surface area (Å²) in [6, 6.07) is 8.38. The Morgan fingerprint density at radius 2 is 2.06 bits per heavy atom. The van der Waals surface area contributed by atoms with E-state index in [1.807, 2.05) is 18.2 Å². The second-order valence-electron chi connectivity index (χ2n) is 10.1. The fraction of sp³-hybridized carbons (Fsp3) is 0.577. The molecule has 4 heterocycles. The predicted molar refractivity (Wildman–Crippen MR) is 124 cm³/mol. The largest absolute Gasteiger partial charge is 0.336 e. The summed E-state index contributed by atoms with van der Waals surface area (Å²) in [6.45, 7) is 3.22. The first-order chi connectivity index (χ1) is 15.7. The fourth-order valence-electron chi connectivity index (χ4n) is 6.88. The number of benzene rings is 1. The van der Waals surface area contributed by atoms with E-state index in [1.54, 1.807) is 6.07 Å². The van der Waals surface area contributed by atoms with Gasteiger partial charge in [-0.25, -0.2) is 4.98 Å². The smallest absolute Gasteiger partial charge is 0.258 e. The molecule has 3 saturated heterocycles. The van der Waals surface area contributed by atoms with E-state index in [2.05, 4.69) is 25.8 Å². The maximum Gasteiger partial charge on any atom is 0.258 e. The number of nitrogens with zero attached hydrogens (tertiary/aromatic N) is 3. The van der Waals surface area contributed by atoms with Crippen LogP contribution in [0.15, 0.2) is 40.7 Å². The highest BCUT2D eigenvalue weighted by Crippen LogP contribution is 2.45. The van der Waals surface area contributed by atoms with Gasteiger partial charge in [0.1, 0.15) is 5.82 Å². The van der Waals surface area contributed by atoms with Crippen molar-refractivity contribution < 1.29 is 4.79 Å². The van der Waals surface area contributed by atoms with Gasteiger partial charge in [-0.05, 0) is 62.6 Å². The Labute approximate surface area is 188 Å². The molecule has 6 heteroatoms. The van der Waals surface area contributed by atoms with Gasteiger partial charge in [-0.15, -0.1) is 0 Å². The minimum atomic E-state index is -0.127. The summed E-state index contributed by atoms with van der Waals surface area (Å²) >= 11 is 0. The molecule has 0 spiro atoms. The summed E-state index contributed by atoms with van der Waals surface area (Å²) in [5.41, 5.74) is 2.09. The molecule has 3 aliphatic heterocycles. The number of amides is 1.